The fourth-order valence-corrected chi connectivity index (χ4v) is 1.42. The maximum absolute atomic E-state index is 11.9. The topological polar surface area (TPSA) is 91.9 Å². The summed E-state index contributed by atoms with van der Waals surface area (Å²) in [5.41, 5.74) is 1.63. The lowest BCUT2D eigenvalue weighted by atomic mass is 10.2. The molecule has 0 unspecified atom stereocenters. The van der Waals surface area contributed by atoms with Crippen LogP contribution in [0.2, 0.25) is 0 Å². The first-order chi connectivity index (χ1) is 7.57. The highest BCUT2D eigenvalue weighted by Gasteiger charge is 2.38. The number of carbonyl (C=O) groups is 1. The zero-order valence-electron chi connectivity index (χ0n) is 10.6. The summed E-state index contributed by atoms with van der Waals surface area (Å²) >= 11 is 0. The van der Waals surface area contributed by atoms with Crippen molar-refractivity contribution in [2.24, 2.45) is 0 Å². The summed E-state index contributed by atoms with van der Waals surface area (Å²) in [7, 11) is -3.48. The summed E-state index contributed by atoms with van der Waals surface area (Å²) in [6, 6.07) is 0. The van der Waals surface area contributed by atoms with Crippen molar-refractivity contribution in [3.63, 3.8) is 0 Å². The van der Waals surface area contributed by atoms with Gasteiger partial charge in [0.25, 0.3) is 0 Å². The Balaban J connectivity index is 2.99. The third-order valence-corrected chi connectivity index (χ3v) is 5.00. The van der Waals surface area contributed by atoms with Gasteiger partial charge >= 0.3 is 0 Å². The Morgan fingerprint density at radius 3 is 2.24 bits per heavy atom. The predicted molar refractivity (Wildman–Crippen MR) is 65.6 cm³/mol. The van der Waals surface area contributed by atoms with E-state index in [1.54, 1.807) is 6.92 Å². The molecule has 0 saturated carbocycles. The van der Waals surface area contributed by atoms with Gasteiger partial charge in [0.2, 0.25) is 5.91 Å². The molecule has 7 heteroatoms. The second kappa shape index (κ2) is 4.14. The minimum absolute atomic E-state index is 0.365. The number of aryl methyl sites for hydroxylation is 1. The van der Waals surface area contributed by atoms with E-state index >= 15 is 0 Å². The van der Waals surface area contributed by atoms with Crippen LogP contribution in [0.1, 0.15) is 25.1 Å². The Morgan fingerprint density at radius 2 is 1.88 bits per heavy atom. The van der Waals surface area contributed by atoms with Gasteiger partial charge in [0.1, 0.15) is 4.75 Å². The molecular formula is C10H17N3O3S. The van der Waals surface area contributed by atoms with E-state index in [1.807, 2.05) is 6.92 Å². The van der Waals surface area contributed by atoms with E-state index in [0.717, 1.165) is 17.5 Å². The molecule has 0 spiro atoms. The van der Waals surface area contributed by atoms with Crippen molar-refractivity contribution in [2.45, 2.75) is 32.4 Å². The monoisotopic (exact) mass is 259 g/mol. The number of H-pyrrole nitrogens is 1. The van der Waals surface area contributed by atoms with Crippen LogP contribution in [-0.4, -0.2) is 35.5 Å². The minimum Gasteiger partial charge on any atom is -0.308 e. The zero-order chi connectivity index (χ0) is 13.4. The fourth-order valence-electron chi connectivity index (χ4n) is 1.03. The minimum atomic E-state index is -3.48. The van der Waals surface area contributed by atoms with Gasteiger partial charge < -0.3 is 5.32 Å². The van der Waals surface area contributed by atoms with Gasteiger partial charge in [-0.15, -0.1) is 0 Å². The molecule has 17 heavy (non-hydrogen) atoms. The zero-order valence-corrected chi connectivity index (χ0v) is 11.4. The number of rotatable bonds is 3. The van der Waals surface area contributed by atoms with E-state index in [9.17, 15) is 13.2 Å². The van der Waals surface area contributed by atoms with Crippen molar-refractivity contribution in [1.29, 1.82) is 0 Å². The van der Waals surface area contributed by atoms with Gasteiger partial charge in [0.05, 0.1) is 0 Å². The molecule has 1 amide bonds. The summed E-state index contributed by atoms with van der Waals surface area (Å²) in [6.07, 6.45) is 1.04. The van der Waals surface area contributed by atoms with Crippen molar-refractivity contribution in [1.82, 2.24) is 10.2 Å². The summed E-state index contributed by atoms with van der Waals surface area (Å²) < 4.78 is 21.5. The van der Waals surface area contributed by atoms with E-state index < -0.39 is 20.5 Å². The molecule has 0 saturated heterocycles. The van der Waals surface area contributed by atoms with Gasteiger partial charge in [-0.3, -0.25) is 9.89 Å². The number of sulfone groups is 1. The second-order valence-corrected chi connectivity index (χ2v) is 7.12. The van der Waals surface area contributed by atoms with E-state index in [2.05, 4.69) is 15.5 Å². The Labute approximate surface area is 101 Å². The molecule has 0 radical (unpaired) electrons. The van der Waals surface area contributed by atoms with E-state index in [0.29, 0.717) is 5.82 Å². The van der Waals surface area contributed by atoms with Gasteiger partial charge in [-0.05, 0) is 27.7 Å². The molecule has 0 bridgehead atoms. The molecule has 0 fully saturated rings. The van der Waals surface area contributed by atoms with Gasteiger partial charge in [0, 0.05) is 17.5 Å². The molecule has 96 valence electrons. The Morgan fingerprint density at radius 1 is 1.35 bits per heavy atom. The molecule has 1 heterocycles. The third kappa shape index (κ3) is 2.49. The van der Waals surface area contributed by atoms with E-state index in [4.69, 9.17) is 0 Å². The first-order valence-electron chi connectivity index (χ1n) is 5.10. The highest BCUT2D eigenvalue weighted by molar-refractivity contribution is 7.92. The molecule has 0 atom stereocenters. The van der Waals surface area contributed by atoms with Crippen LogP contribution in [-0.2, 0) is 14.6 Å². The molecule has 6 nitrogen and oxygen atoms in total. The van der Waals surface area contributed by atoms with Crippen LogP contribution in [0.4, 0.5) is 5.82 Å². The molecule has 1 rings (SSSR count). The van der Waals surface area contributed by atoms with Gasteiger partial charge in [0.15, 0.2) is 15.7 Å². The van der Waals surface area contributed by atoms with Gasteiger partial charge in [-0.2, -0.15) is 5.10 Å². The molecule has 2 N–H and O–H groups in total. The van der Waals surface area contributed by atoms with Crippen molar-refractivity contribution in [3.05, 3.63) is 11.3 Å². The van der Waals surface area contributed by atoms with Crippen molar-refractivity contribution >= 4 is 21.6 Å². The van der Waals surface area contributed by atoms with Crippen LogP contribution in [0.3, 0.4) is 0 Å². The Kier molecular flexibility index (Phi) is 3.33. The average molecular weight is 259 g/mol. The maximum Gasteiger partial charge on any atom is 0.246 e. The van der Waals surface area contributed by atoms with Gasteiger partial charge in [-0.25, -0.2) is 8.42 Å². The van der Waals surface area contributed by atoms with E-state index in [-0.39, 0.29) is 0 Å². The number of hydrogen-bond donors (Lipinski definition) is 2. The van der Waals surface area contributed by atoms with Gasteiger partial charge in [-0.1, -0.05) is 0 Å². The van der Waals surface area contributed by atoms with Crippen LogP contribution in [0.15, 0.2) is 0 Å². The summed E-state index contributed by atoms with van der Waals surface area (Å²) in [5, 5.41) is 9.13. The molecular weight excluding hydrogens is 242 g/mol. The number of nitrogens with zero attached hydrogens (tertiary/aromatic N) is 1. The average Bonchev–Trinajstić information content (AvgIpc) is 2.47. The number of hydrogen-bond acceptors (Lipinski definition) is 4. The van der Waals surface area contributed by atoms with Crippen molar-refractivity contribution in [2.75, 3.05) is 11.6 Å². The molecule has 0 aromatic carbocycles. The van der Waals surface area contributed by atoms with E-state index in [1.165, 1.54) is 13.8 Å². The van der Waals surface area contributed by atoms with Crippen LogP contribution < -0.4 is 5.32 Å². The normalized spacial score (nSPS) is 12.5. The number of amides is 1. The van der Waals surface area contributed by atoms with Crippen molar-refractivity contribution in [3.8, 4) is 0 Å². The Bertz CT molecular complexity index is 543. The highest BCUT2D eigenvalue weighted by Crippen LogP contribution is 2.20. The molecule has 0 aliphatic heterocycles. The Hall–Kier alpha value is -1.37. The largest absolute Gasteiger partial charge is 0.308 e. The smallest absolute Gasteiger partial charge is 0.246 e. The van der Waals surface area contributed by atoms with Crippen LogP contribution in [0, 0.1) is 13.8 Å². The maximum atomic E-state index is 11.9. The first kappa shape index (κ1) is 13.7. The third-order valence-electron chi connectivity index (χ3n) is 2.96. The molecule has 1 aromatic rings. The number of anilines is 1. The molecule has 0 aliphatic carbocycles. The lowest BCUT2D eigenvalue weighted by Crippen LogP contribution is -2.44. The second-order valence-electron chi connectivity index (χ2n) is 4.56. The number of nitrogens with one attached hydrogen (secondary N) is 2. The first-order valence-corrected chi connectivity index (χ1v) is 6.99. The lowest BCUT2D eigenvalue weighted by molar-refractivity contribution is -0.117. The number of aromatic nitrogens is 2. The predicted octanol–water partition coefficient (Wildman–Crippen LogP) is 0.788. The summed E-state index contributed by atoms with van der Waals surface area (Å²) in [5.74, 6) is -0.223. The fraction of sp³-hybridized carbons (Fsp3) is 0.600. The summed E-state index contributed by atoms with van der Waals surface area (Å²) in [4.78, 5) is 11.9. The van der Waals surface area contributed by atoms with Crippen molar-refractivity contribution < 1.29 is 13.2 Å². The molecule has 1 aromatic heterocycles. The number of aromatic amines is 1. The van der Waals surface area contributed by atoms with Crippen LogP contribution in [0.25, 0.3) is 0 Å². The SMILES string of the molecule is Cc1[nH]nc(NC(=O)C(C)(C)S(C)(=O)=O)c1C. The quantitative estimate of drug-likeness (QED) is 0.839. The summed E-state index contributed by atoms with van der Waals surface area (Å²) in [6.45, 7) is 6.35. The number of carbonyl (C=O) groups excluding carboxylic acids is 1. The molecule has 0 aliphatic rings. The lowest BCUT2D eigenvalue weighted by Gasteiger charge is -2.20. The van der Waals surface area contributed by atoms with Crippen LogP contribution >= 0.6 is 0 Å². The highest BCUT2D eigenvalue weighted by atomic mass is 32.2. The van der Waals surface area contributed by atoms with Crippen LogP contribution in [0.5, 0.6) is 0 Å². The standard InChI is InChI=1S/C10H17N3O3S/c1-6-7(2)12-13-8(6)11-9(14)10(3,4)17(5,15)16/h1-5H3,(H2,11,12,13,14).